The van der Waals surface area contributed by atoms with Crippen molar-refractivity contribution in [2.24, 2.45) is 5.92 Å². The summed E-state index contributed by atoms with van der Waals surface area (Å²) in [5.74, 6) is -0.144. The molecule has 94 valence electrons. The molecule has 1 rings (SSSR count). The largest absolute Gasteiger partial charge is 0.466 e. The SMILES string of the molecule is CCOC(=O)C(C)CNCCN1CCCC1. The van der Waals surface area contributed by atoms with Crippen molar-refractivity contribution in [3.8, 4) is 0 Å². The van der Waals surface area contributed by atoms with Crippen LogP contribution in [0.15, 0.2) is 0 Å². The first-order valence-electron chi connectivity index (χ1n) is 6.33. The number of likely N-dealkylation sites (tertiary alicyclic amines) is 1. The molecule has 0 saturated carbocycles. The zero-order chi connectivity index (χ0) is 11.8. The molecule has 1 fully saturated rings. The van der Waals surface area contributed by atoms with Gasteiger partial charge in [0.15, 0.2) is 0 Å². The molecule has 0 aliphatic carbocycles. The van der Waals surface area contributed by atoms with Crippen LogP contribution in [0.1, 0.15) is 26.7 Å². The summed E-state index contributed by atoms with van der Waals surface area (Å²) in [6.45, 7) is 9.44. The van der Waals surface area contributed by atoms with Gasteiger partial charge in [-0.1, -0.05) is 6.92 Å². The number of carbonyl (C=O) groups is 1. The third-order valence-corrected chi connectivity index (χ3v) is 2.94. The fraction of sp³-hybridized carbons (Fsp3) is 0.917. The van der Waals surface area contributed by atoms with Gasteiger partial charge in [0, 0.05) is 19.6 Å². The van der Waals surface area contributed by atoms with E-state index in [0.717, 1.165) is 13.1 Å². The molecule has 0 bridgehead atoms. The van der Waals surface area contributed by atoms with Crippen LogP contribution in [0.4, 0.5) is 0 Å². The molecule has 1 atom stereocenters. The van der Waals surface area contributed by atoms with Gasteiger partial charge < -0.3 is 15.0 Å². The topological polar surface area (TPSA) is 41.6 Å². The Morgan fingerprint density at radius 2 is 2.12 bits per heavy atom. The monoisotopic (exact) mass is 228 g/mol. The minimum atomic E-state index is -0.101. The summed E-state index contributed by atoms with van der Waals surface area (Å²) >= 11 is 0. The highest BCUT2D eigenvalue weighted by atomic mass is 16.5. The van der Waals surface area contributed by atoms with E-state index in [2.05, 4.69) is 10.2 Å². The molecule has 1 N–H and O–H groups in total. The molecule has 1 aliphatic heterocycles. The first kappa shape index (κ1) is 13.5. The maximum absolute atomic E-state index is 11.3. The van der Waals surface area contributed by atoms with Crippen molar-refractivity contribution < 1.29 is 9.53 Å². The first-order valence-corrected chi connectivity index (χ1v) is 6.33. The van der Waals surface area contributed by atoms with Gasteiger partial charge in [-0.15, -0.1) is 0 Å². The minimum absolute atomic E-state index is 0.0430. The molecule has 1 heterocycles. The maximum Gasteiger partial charge on any atom is 0.309 e. The Kier molecular flexibility index (Phi) is 6.42. The Morgan fingerprint density at radius 1 is 1.44 bits per heavy atom. The van der Waals surface area contributed by atoms with Crippen LogP contribution in [0.3, 0.4) is 0 Å². The Labute approximate surface area is 98.3 Å². The zero-order valence-corrected chi connectivity index (χ0v) is 10.5. The molecule has 1 saturated heterocycles. The number of nitrogens with zero attached hydrogens (tertiary/aromatic N) is 1. The van der Waals surface area contributed by atoms with Crippen molar-refractivity contribution in [1.29, 1.82) is 0 Å². The normalized spacial score (nSPS) is 18.6. The minimum Gasteiger partial charge on any atom is -0.466 e. The standard InChI is InChI=1S/C12H24N2O2/c1-3-16-12(15)11(2)10-13-6-9-14-7-4-5-8-14/h11,13H,3-10H2,1-2H3. The molecule has 0 spiro atoms. The number of rotatable bonds is 7. The molecule has 0 aromatic heterocycles. The Hall–Kier alpha value is -0.610. The van der Waals surface area contributed by atoms with Crippen molar-refractivity contribution in [3.05, 3.63) is 0 Å². The van der Waals surface area contributed by atoms with Crippen LogP contribution in [0.2, 0.25) is 0 Å². The van der Waals surface area contributed by atoms with E-state index in [4.69, 9.17) is 4.74 Å². The van der Waals surface area contributed by atoms with Crippen LogP contribution in [0.5, 0.6) is 0 Å². The second-order valence-electron chi connectivity index (χ2n) is 4.41. The van der Waals surface area contributed by atoms with Gasteiger partial charge in [-0.2, -0.15) is 0 Å². The summed E-state index contributed by atoms with van der Waals surface area (Å²) < 4.78 is 4.94. The highest BCUT2D eigenvalue weighted by Gasteiger charge is 2.14. The van der Waals surface area contributed by atoms with Crippen LogP contribution < -0.4 is 5.32 Å². The maximum atomic E-state index is 11.3. The smallest absolute Gasteiger partial charge is 0.309 e. The highest BCUT2D eigenvalue weighted by Crippen LogP contribution is 2.05. The summed E-state index contributed by atoms with van der Waals surface area (Å²) in [6, 6.07) is 0. The molecule has 1 aliphatic rings. The lowest BCUT2D eigenvalue weighted by atomic mass is 10.2. The van der Waals surface area contributed by atoms with E-state index >= 15 is 0 Å². The summed E-state index contributed by atoms with van der Waals surface area (Å²) in [7, 11) is 0. The molecule has 16 heavy (non-hydrogen) atoms. The lowest BCUT2D eigenvalue weighted by Crippen LogP contribution is -2.34. The summed E-state index contributed by atoms with van der Waals surface area (Å²) in [5.41, 5.74) is 0. The fourth-order valence-corrected chi connectivity index (χ4v) is 1.93. The van der Waals surface area contributed by atoms with Crippen molar-refractivity contribution in [2.45, 2.75) is 26.7 Å². The van der Waals surface area contributed by atoms with Gasteiger partial charge >= 0.3 is 5.97 Å². The predicted octanol–water partition coefficient (Wildman–Crippen LogP) is 0.871. The van der Waals surface area contributed by atoms with Crippen LogP contribution in [0.25, 0.3) is 0 Å². The van der Waals surface area contributed by atoms with E-state index in [1.165, 1.54) is 25.9 Å². The van der Waals surface area contributed by atoms with E-state index in [1.807, 2.05) is 13.8 Å². The molecular formula is C12H24N2O2. The van der Waals surface area contributed by atoms with Crippen molar-refractivity contribution in [3.63, 3.8) is 0 Å². The van der Waals surface area contributed by atoms with E-state index < -0.39 is 0 Å². The second-order valence-corrected chi connectivity index (χ2v) is 4.41. The Morgan fingerprint density at radius 3 is 2.75 bits per heavy atom. The van der Waals surface area contributed by atoms with E-state index in [1.54, 1.807) is 0 Å². The van der Waals surface area contributed by atoms with Gasteiger partial charge in [-0.05, 0) is 32.9 Å². The van der Waals surface area contributed by atoms with Crippen molar-refractivity contribution in [1.82, 2.24) is 10.2 Å². The van der Waals surface area contributed by atoms with Crippen LogP contribution in [-0.2, 0) is 9.53 Å². The third-order valence-electron chi connectivity index (χ3n) is 2.94. The molecule has 4 nitrogen and oxygen atoms in total. The van der Waals surface area contributed by atoms with Crippen LogP contribution in [-0.4, -0.2) is 50.2 Å². The number of esters is 1. The van der Waals surface area contributed by atoms with E-state index in [-0.39, 0.29) is 11.9 Å². The van der Waals surface area contributed by atoms with Crippen molar-refractivity contribution in [2.75, 3.05) is 39.3 Å². The van der Waals surface area contributed by atoms with E-state index in [9.17, 15) is 4.79 Å². The average molecular weight is 228 g/mol. The molecule has 0 aromatic rings. The van der Waals surface area contributed by atoms with Crippen LogP contribution >= 0.6 is 0 Å². The second kappa shape index (κ2) is 7.63. The summed E-state index contributed by atoms with van der Waals surface area (Å²) in [4.78, 5) is 13.8. The highest BCUT2D eigenvalue weighted by molar-refractivity contribution is 5.72. The first-order chi connectivity index (χ1) is 7.74. The molecular weight excluding hydrogens is 204 g/mol. The average Bonchev–Trinajstić information content (AvgIpc) is 2.77. The van der Waals surface area contributed by atoms with Gasteiger partial charge in [0.2, 0.25) is 0 Å². The van der Waals surface area contributed by atoms with Gasteiger partial charge in [0.1, 0.15) is 0 Å². The van der Waals surface area contributed by atoms with Gasteiger partial charge in [-0.25, -0.2) is 0 Å². The molecule has 0 amide bonds. The zero-order valence-electron chi connectivity index (χ0n) is 10.5. The molecule has 4 heteroatoms. The number of ether oxygens (including phenoxy) is 1. The Balaban J connectivity index is 1.99. The third kappa shape index (κ3) is 4.94. The number of nitrogens with one attached hydrogen (secondary N) is 1. The summed E-state index contributed by atoms with van der Waals surface area (Å²) in [6.07, 6.45) is 2.67. The summed E-state index contributed by atoms with van der Waals surface area (Å²) in [5, 5.41) is 3.31. The van der Waals surface area contributed by atoms with Gasteiger partial charge in [0.05, 0.1) is 12.5 Å². The molecule has 1 unspecified atom stereocenters. The number of hydrogen-bond donors (Lipinski definition) is 1. The van der Waals surface area contributed by atoms with Crippen LogP contribution in [0, 0.1) is 5.92 Å². The number of hydrogen-bond acceptors (Lipinski definition) is 4. The van der Waals surface area contributed by atoms with Gasteiger partial charge in [0.25, 0.3) is 0 Å². The fourth-order valence-electron chi connectivity index (χ4n) is 1.93. The predicted molar refractivity (Wildman–Crippen MR) is 64.3 cm³/mol. The Bertz CT molecular complexity index is 203. The van der Waals surface area contributed by atoms with E-state index in [0.29, 0.717) is 13.2 Å². The quantitative estimate of drug-likeness (QED) is 0.518. The number of carbonyl (C=O) groups excluding carboxylic acids is 1. The van der Waals surface area contributed by atoms with Gasteiger partial charge in [-0.3, -0.25) is 4.79 Å². The lowest BCUT2D eigenvalue weighted by Gasteiger charge is -2.16. The molecule has 0 aromatic carbocycles. The lowest BCUT2D eigenvalue weighted by molar-refractivity contribution is -0.147. The van der Waals surface area contributed by atoms with Crippen molar-refractivity contribution >= 4 is 5.97 Å². The molecule has 0 radical (unpaired) electrons.